The van der Waals surface area contributed by atoms with E-state index in [9.17, 15) is 4.79 Å². The number of ether oxygens (including phenoxy) is 3. The van der Waals surface area contributed by atoms with Crippen molar-refractivity contribution in [3.05, 3.63) is 0 Å². The second kappa shape index (κ2) is 30.4. The van der Waals surface area contributed by atoms with Gasteiger partial charge in [0, 0.05) is 13.2 Å². The maximum absolute atomic E-state index is 13.4. The van der Waals surface area contributed by atoms with Crippen LogP contribution in [0.25, 0.3) is 0 Å². The molecule has 0 heterocycles. The quantitative estimate of drug-likeness (QED) is 0.0645. The van der Waals surface area contributed by atoms with Gasteiger partial charge in [0.1, 0.15) is 5.60 Å². The molecule has 5 heteroatoms. The van der Waals surface area contributed by atoms with Gasteiger partial charge in [0.25, 0.3) is 0 Å². The van der Waals surface area contributed by atoms with Crippen LogP contribution < -0.4 is 5.32 Å². The molecule has 0 fully saturated rings. The zero-order chi connectivity index (χ0) is 39.2. The number of methoxy groups -OCH3 is 1. The van der Waals surface area contributed by atoms with Gasteiger partial charge in [0.2, 0.25) is 0 Å². The summed E-state index contributed by atoms with van der Waals surface area (Å²) in [6.45, 7) is 22.4. The Morgan fingerprint density at radius 3 is 1.21 bits per heavy atom. The number of hydrogen-bond acceptors (Lipinski definition) is 4. The van der Waals surface area contributed by atoms with Gasteiger partial charge in [-0.1, -0.05) is 182 Å². The topological polar surface area (TPSA) is 56.8 Å². The first-order valence-corrected chi connectivity index (χ1v) is 22.8. The Kier molecular flexibility index (Phi) is 29.9. The van der Waals surface area contributed by atoms with Crippen LogP contribution in [0, 0.1) is 5.41 Å². The van der Waals surface area contributed by atoms with Crippen molar-refractivity contribution in [3.8, 4) is 0 Å². The zero-order valence-electron chi connectivity index (χ0n) is 37.4. The molecule has 312 valence electrons. The molecule has 0 aromatic heterocycles. The Hall–Kier alpha value is -0.810. The van der Waals surface area contributed by atoms with E-state index in [0.29, 0.717) is 6.61 Å². The number of rotatable bonds is 37. The highest BCUT2D eigenvalue weighted by Crippen LogP contribution is 2.38. The minimum atomic E-state index is -0.571. The molecule has 0 saturated heterocycles. The highest BCUT2D eigenvalue weighted by molar-refractivity contribution is 5.68. The third-order valence-corrected chi connectivity index (χ3v) is 11.1. The summed E-state index contributed by atoms with van der Waals surface area (Å²) in [7, 11) is 1.76. The van der Waals surface area contributed by atoms with Gasteiger partial charge < -0.3 is 19.5 Å². The molecule has 0 saturated carbocycles. The molecule has 0 aromatic rings. The summed E-state index contributed by atoms with van der Waals surface area (Å²) in [5, 5.41) is 3.34. The molecule has 0 atom stereocenters. The molecule has 52 heavy (non-hydrogen) atoms. The molecule has 0 aliphatic carbocycles. The average Bonchev–Trinajstić information content (AvgIpc) is 3.03. The van der Waals surface area contributed by atoms with Crippen LogP contribution >= 0.6 is 0 Å². The number of alkyl carbamates (subject to hydrolysis) is 1. The second-order valence-corrected chi connectivity index (χ2v) is 19.2. The van der Waals surface area contributed by atoms with E-state index in [0.717, 1.165) is 32.1 Å². The van der Waals surface area contributed by atoms with Crippen LogP contribution in [-0.4, -0.2) is 42.7 Å². The molecule has 1 amide bonds. The number of amides is 1. The van der Waals surface area contributed by atoms with Gasteiger partial charge >= 0.3 is 6.09 Å². The Morgan fingerprint density at radius 2 is 0.846 bits per heavy atom. The van der Waals surface area contributed by atoms with Gasteiger partial charge in [0.05, 0.1) is 17.8 Å². The predicted molar refractivity (Wildman–Crippen MR) is 228 cm³/mol. The summed E-state index contributed by atoms with van der Waals surface area (Å²) >= 11 is 0. The molecule has 5 nitrogen and oxygen atoms in total. The fraction of sp³-hybridized carbons (Fsp3) is 0.979. The third kappa shape index (κ3) is 32.6. The van der Waals surface area contributed by atoms with Crippen LogP contribution in [0.2, 0.25) is 0 Å². The molecule has 0 bridgehead atoms. The van der Waals surface area contributed by atoms with Crippen LogP contribution in [0.5, 0.6) is 0 Å². The first-order valence-electron chi connectivity index (χ1n) is 22.8. The summed E-state index contributed by atoms with van der Waals surface area (Å²) in [6, 6.07) is 0.200. The minimum absolute atomic E-state index is 0.0619. The maximum atomic E-state index is 13.4. The van der Waals surface area contributed by atoms with Crippen molar-refractivity contribution in [3.63, 3.8) is 0 Å². The van der Waals surface area contributed by atoms with Gasteiger partial charge in [-0.25, -0.2) is 4.79 Å². The Bertz CT molecular complexity index is 792. The van der Waals surface area contributed by atoms with E-state index in [1.807, 2.05) is 0 Å². The zero-order valence-corrected chi connectivity index (χ0v) is 37.4. The fourth-order valence-corrected chi connectivity index (χ4v) is 8.33. The van der Waals surface area contributed by atoms with Gasteiger partial charge in [-0.15, -0.1) is 0 Å². The molecule has 0 unspecified atom stereocenters. The summed E-state index contributed by atoms with van der Waals surface area (Å²) in [5.74, 6) is 0. The second-order valence-electron chi connectivity index (χ2n) is 19.2. The molecule has 0 rings (SSSR count). The molecule has 0 spiro atoms. The lowest BCUT2D eigenvalue weighted by molar-refractivity contribution is -0.0826. The normalized spacial score (nSPS) is 12.9. The molecule has 0 aromatic carbocycles. The van der Waals surface area contributed by atoms with E-state index in [-0.39, 0.29) is 28.8 Å². The van der Waals surface area contributed by atoms with Crippen molar-refractivity contribution in [2.75, 3.05) is 13.7 Å². The van der Waals surface area contributed by atoms with Crippen LogP contribution in [0.3, 0.4) is 0 Å². The van der Waals surface area contributed by atoms with Crippen molar-refractivity contribution < 1.29 is 19.0 Å². The summed E-state index contributed by atoms with van der Waals surface area (Å²) in [4.78, 5) is 13.4. The highest BCUT2D eigenvalue weighted by Gasteiger charge is 2.37. The van der Waals surface area contributed by atoms with Crippen molar-refractivity contribution in [2.24, 2.45) is 5.41 Å². The predicted octanol–water partition coefficient (Wildman–Crippen LogP) is 15.5. The molecule has 1 N–H and O–H groups in total. The Morgan fingerprint density at radius 1 is 0.500 bits per heavy atom. The van der Waals surface area contributed by atoms with Crippen molar-refractivity contribution in [1.82, 2.24) is 5.32 Å². The van der Waals surface area contributed by atoms with E-state index in [2.05, 4.69) is 74.6 Å². The van der Waals surface area contributed by atoms with E-state index >= 15 is 0 Å². The molecule has 0 radical (unpaired) electrons. The molecular formula is C47H95NO4. The lowest BCUT2D eigenvalue weighted by Crippen LogP contribution is -2.43. The monoisotopic (exact) mass is 738 g/mol. The van der Waals surface area contributed by atoms with Crippen LogP contribution in [0.15, 0.2) is 0 Å². The lowest BCUT2D eigenvalue weighted by atomic mass is 9.74. The molecular weight excluding hydrogens is 643 g/mol. The first-order chi connectivity index (χ1) is 24.6. The number of carbonyl (C=O) groups excluding carboxylic acids is 1. The summed E-state index contributed by atoms with van der Waals surface area (Å²) < 4.78 is 18.1. The van der Waals surface area contributed by atoms with Crippen molar-refractivity contribution in [1.29, 1.82) is 0 Å². The fourth-order valence-electron chi connectivity index (χ4n) is 8.33. The number of unbranched alkanes of at least 4 members (excludes halogenated alkanes) is 22. The van der Waals surface area contributed by atoms with Gasteiger partial charge in [-0.2, -0.15) is 0 Å². The lowest BCUT2D eigenvalue weighted by Gasteiger charge is -2.40. The van der Waals surface area contributed by atoms with Gasteiger partial charge in [-0.3, -0.25) is 0 Å². The third-order valence-electron chi connectivity index (χ3n) is 11.1. The van der Waals surface area contributed by atoms with Crippen molar-refractivity contribution in [2.45, 2.75) is 278 Å². The minimum Gasteiger partial charge on any atom is -0.444 e. The SMILES string of the molecule is CCCCCCCCCCCCCCC(CCCCCCCCCCCCCC)NC(=O)OC(C)(C)CC(C)(C)CC(C)(C)OCCC(C)(C)OC. The van der Waals surface area contributed by atoms with Crippen LogP contribution in [-0.2, 0) is 14.2 Å². The summed E-state index contributed by atoms with van der Waals surface area (Å²) in [6.07, 6.45) is 36.9. The number of nitrogens with one attached hydrogen (secondary N) is 1. The van der Waals surface area contributed by atoms with Crippen LogP contribution in [0.4, 0.5) is 4.79 Å². The standard InChI is InChI=1S/C47H95NO4/c1-12-14-16-18-20-22-24-26-28-30-32-34-36-42(37-35-33-31-29-27-25-23-21-19-17-15-13-2)48-43(49)52-47(9,10)41-44(3,4)40-46(7,8)51-39-38-45(5,6)50-11/h42H,12-41H2,1-11H3,(H,48,49). The Balaban J connectivity index is 4.79. The maximum Gasteiger partial charge on any atom is 0.407 e. The van der Waals surface area contributed by atoms with E-state index in [1.165, 1.54) is 154 Å². The smallest absolute Gasteiger partial charge is 0.407 e. The van der Waals surface area contributed by atoms with E-state index in [1.54, 1.807) is 7.11 Å². The molecule has 0 aliphatic rings. The van der Waals surface area contributed by atoms with Gasteiger partial charge in [-0.05, 0) is 79.1 Å². The van der Waals surface area contributed by atoms with E-state index < -0.39 is 5.60 Å². The molecule has 0 aliphatic heterocycles. The largest absolute Gasteiger partial charge is 0.444 e. The number of carbonyl (C=O) groups is 1. The van der Waals surface area contributed by atoms with Gasteiger partial charge in [0.15, 0.2) is 0 Å². The highest BCUT2D eigenvalue weighted by atomic mass is 16.6. The first kappa shape index (κ1) is 51.2. The van der Waals surface area contributed by atoms with Crippen molar-refractivity contribution >= 4 is 6.09 Å². The van der Waals surface area contributed by atoms with Crippen LogP contribution in [0.1, 0.15) is 255 Å². The number of hydrogen-bond donors (Lipinski definition) is 1. The Labute approximate surface area is 327 Å². The average molecular weight is 738 g/mol. The summed E-state index contributed by atoms with van der Waals surface area (Å²) in [5.41, 5.74) is -1.10. The van der Waals surface area contributed by atoms with E-state index in [4.69, 9.17) is 14.2 Å².